The summed E-state index contributed by atoms with van der Waals surface area (Å²) in [6.07, 6.45) is 3.26. The van der Waals surface area contributed by atoms with Gasteiger partial charge in [-0.1, -0.05) is 20.8 Å². The predicted octanol–water partition coefficient (Wildman–Crippen LogP) is 2.05. The molecule has 25 heavy (non-hydrogen) atoms. The van der Waals surface area contributed by atoms with E-state index in [4.69, 9.17) is 0 Å². The highest BCUT2D eigenvalue weighted by atomic mass is 16.2. The Bertz CT molecular complexity index is 450. The minimum absolute atomic E-state index is 0. The molecule has 0 aliphatic carbocycles. The van der Waals surface area contributed by atoms with Crippen molar-refractivity contribution in [3.8, 4) is 0 Å². The van der Waals surface area contributed by atoms with E-state index in [0.29, 0.717) is 45.3 Å². The summed E-state index contributed by atoms with van der Waals surface area (Å²) in [5, 5.41) is 8.25. The summed E-state index contributed by atoms with van der Waals surface area (Å²) in [7, 11) is 0. The second-order valence-corrected chi connectivity index (χ2v) is 6.38. The Labute approximate surface area is 155 Å². The summed E-state index contributed by atoms with van der Waals surface area (Å²) in [5.74, 6) is -0.201. The van der Waals surface area contributed by atoms with Crippen LogP contribution in [-0.4, -0.2) is 43.1 Å². The van der Waals surface area contributed by atoms with Crippen LogP contribution in [0.3, 0.4) is 0 Å². The molecule has 0 saturated carbocycles. The minimum atomic E-state index is -0.160. The molecule has 0 bridgehead atoms. The maximum Gasteiger partial charge on any atom is 0.220 e. The first-order valence-corrected chi connectivity index (χ1v) is 9.19. The molecule has 0 aliphatic heterocycles. The second-order valence-electron chi connectivity index (χ2n) is 6.38. The van der Waals surface area contributed by atoms with Crippen LogP contribution in [0.5, 0.6) is 0 Å². The van der Waals surface area contributed by atoms with Crippen molar-refractivity contribution in [1.29, 1.82) is 0 Å². The largest absolute Gasteiger partial charge is 0.356 e. The Morgan fingerprint density at radius 3 is 1.60 bits per heavy atom. The molecule has 0 saturated heterocycles. The van der Waals surface area contributed by atoms with E-state index in [9.17, 15) is 19.2 Å². The van der Waals surface area contributed by atoms with Crippen LogP contribution in [0.1, 0.15) is 70.0 Å². The average molecular weight is 362 g/mol. The minimum Gasteiger partial charge on any atom is -0.356 e. The van der Waals surface area contributed by atoms with Crippen molar-refractivity contribution in [3.05, 3.63) is 0 Å². The number of rotatable bonds is 14. The van der Waals surface area contributed by atoms with Gasteiger partial charge in [-0.25, -0.2) is 0 Å². The Morgan fingerprint density at radius 2 is 1.16 bits per heavy atom. The van der Waals surface area contributed by atoms with Gasteiger partial charge in [0.25, 0.3) is 0 Å². The zero-order valence-electron chi connectivity index (χ0n) is 15.8. The van der Waals surface area contributed by atoms with Gasteiger partial charge >= 0.3 is 0 Å². The molecule has 7 heteroatoms. The van der Waals surface area contributed by atoms with Gasteiger partial charge in [-0.15, -0.1) is 0 Å². The third-order valence-electron chi connectivity index (χ3n) is 3.62. The van der Waals surface area contributed by atoms with Crippen molar-refractivity contribution < 1.29 is 23.5 Å². The van der Waals surface area contributed by atoms with Gasteiger partial charge in [0.15, 0.2) is 0 Å². The van der Waals surface area contributed by atoms with Crippen molar-refractivity contribution in [2.24, 2.45) is 5.92 Å². The Morgan fingerprint density at radius 1 is 0.720 bits per heavy atom. The molecule has 0 aromatic carbocycles. The van der Waals surface area contributed by atoms with Crippen LogP contribution in [0.2, 0.25) is 0 Å². The maximum absolute atomic E-state index is 11.6. The van der Waals surface area contributed by atoms with Crippen molar-refractivity contribution in [2.45, 2.75) is 65.7 Å². The fourth-order valence-electron chi connectivity index (χ4n) is 2.01. The van der Waals surface area contributed by atoms with Crippen molar-refractivity contribution in [1.82, 2.24) is 16.0 Å². The number of hydrogen-bond donors (Lipinski definition) is 3. The molecule has 0 aromatic rings. The highest BCUT2D eigenvalue weighted by molar-refractivity contribution is 5.86. The Balaban J connectivity index is -0.000000960. The van der Waals surface area contributed by atoms with Gasteiger partial charge in [-0.2, -0.15) is 0 Å². The predicted molar refractivity (Wildman–Crippen MR) is 103 cm³/mol. The van der Waals surface area contributed by atoms with E-state index < -0.39 is 0 Å². The fourth-order valence-corrected chi connectivity index (χ4v) is 2.01. The van der Waals surface area contributed by atoms with Gasteiger partial charge in [0.2, 0.25) is 17.7 Å². The summed E-state index contributed by atoms with van der Waals surface area (Å²) in [5.41, 5.74) is 0. The van der Waals surface area contributed by atoms with E-state index in [2.05, 4.69) is 16.0 Å². The van der Waals surface area contributed by atoms with Gasteiger partial charge in [-0.05, 0) is 19.3 Å². The summed E-state index contributed by atoms with van der Waals surface area (Å²) < 4.78 is 0. The SMILES string of the molecule is CCCNC(=O)CCCNC(=O)CCCNC(=O)CCC(=O)C(C)C.[HH].[HH].[HH]. The molecule has 3 amide bonds. The van der Waals surface area contributed by atoms with Crippen LogP contribution in [-0.2, 0) is 19.2 Å². The van der Waals surface area contributed by atoms with E-state index in [0.717, 1.165) is 6.42 Å². The normalized spacial score (nSPS) is 10.4. The monoisotopic (exact) mass is 361 g/mol. The van der Waals surface area contributed by atoms with E-state index in [1.807, 2.05) is 20.8 Å². The van der Waals surface area contributed by atoms with Gasteiger partial charge in [0, 0.05) is 55.5 Å². The zero-order valence-corrected chi connectivity index (χ0v) is 15.8. The quantitative estimate of drug-likeness (QED) is 0.412. The maximum atomic E-state index is 11.6. The fraction of sp³-hybridized carbons (Fsp3) is 0.778. The van der Waals surface area contributed by atoms with Crippen molar-refractivity contribution in [3.63, 3.8) is 0 Å². The van der Waals surface area contributed by atoms with Gasteiger partial charge in [-0.3, -0.25) is 19.2 Å². The lowest BCUT2D eigenvalue weighted by atomic mass is 10.0. The van der Waals surface area contributed by atoms with Crippen molar-refractivity contribution >= 4 is 23.5 Å². The van der Waals surface area contributed by atoms with Crippen LogP contribution < -0.4 is 16.0 Å². The first-order valence-electron chi connectivity index (χ1n) is 9.19. The third-order valence-corrected chi connectivity index (χ3v) is 3.62. The molecule has 0 spiro atoms. The number of Topliss-reactive ketones (excluding diaryl/α,β-unsaturated/α-hetero) is 1. The van der Waals surface area contributed by atoms with Gasteiger partial charge in [0.05, 0.1) is 0 Å². The average Bonchev–Trinajstić information content (AvgIpc) is 2.58. The molecule has 0 rings (SSSR count). The lowest BCUT2D eigenvalue weighted by Crippen LogP contribution is -2.29. The molecule has 7 nitrogen and oxygen atoms in total. The molecule has 0 atom stereocenters. The molecule has 150 valence electrons. The zero-order chi connectivity index (χ0) is 19.1. The number of carbonyl (C=O) groups is 4. The number of nitrogens with one attached hydrogen (secondary N) is 3. The molecule has 0 radical (unpaired) electrons. The Hall–Kier alpha value is -1.92. The van der Waals surface area contributed by atoms with E-state index in [-0.39, 0.29) is 46.5 Å². The van der Waals surface area contributed by atoms with Crippen LogP contribution in [0.4, 0.5) is 0 Å². The van der Waals surface area contributed by atoms with E-state index in [1.165, 1.54) is 0 Å². The first-order chi connectivity index (χ1) is 11.9. The summed E-state index contributed by atoms with van der Waals surface area (Å²) in [6, 6.07) is 0. The van der Waals surface area contributed by atoms with E-state index >= 15 is 0 Å². The molecular weight excluding hydrogens is 322 g/mol. The first kappa shape index (κ1) is 23.1. The van der Waals surface area contributed by atoms with Crippen LogP contribution in [0.15, 0.2) is 0 Å². The topological polar surface area (TPSA) is 104 Å². The number of ketones is 1. The summed E-state index contributed by atoms with van der Waals surface area (Å²) in [6.45, 7) is 7.20. The van der Waals surface area contributed by atoms with Crippen LogP contribution in [0, 0.1) is 5.92 Å². The third kappa shape index (κ3) is 14.2. The molecule has 0 unspecified atom stereocenters. The summed E-state index contributed by atoms with van der Waals surface area (Å²) in [4.78, 5) is 46.0. The molecule has 3 N–H and O–H groups in total. The molecule has 0 aromatic heterocycles. The van der Waals surface area contributed by atoms with Crippen LogP contribution >= 0.6 is 0 Å². The molecular formula is C18H39N3O4. The van der Waals surface area contributed by atoms with E-state index in [1.54, 1.807) is 0 Å². The molecule has 0 aliphatic rings. The molecule has 0 heterocycles. The van der Waals surface area contributed by atoms with Crippen molar-refractivity contribution in [2.75, 3.05) is 19.6 Å². The lowest BCUT2D eigenvalue weighted by Gasteiger charge is -2.07. The number of hydrogen-bond acceptors (Lipinski definition) is 4. The number of amides is 3. The highest BCUT2D eigenvalue weighted by Crippen LogP contribution is 2.01. The van der Waals surface area contributed by atoms with Crippen LogP contribution in [0.25, 0.3) is 0 Å². The highest BCUT2D eigenvalue weighted by Gasteiger charge is 2.10. The number of carbonyl (C=O) groups excluding carboxylic acids is 4. The standard InChI is InChI=1S/C18H33N3O4.3H2/c1-4-11-19-16(23)7-5-12-20-17(24)8-6-13-21-18(25)10-9-15(22)14(2)3;;;/h14H,4-13H2,1-3H3,(H,19,23)(H,20,24)(H,21,25);3*1H. The second kappa shape index (κ2) is 14.4. The smallest absolute Gasteiger partial charge is 0.220 e. The van der Waals surface area contributed by atoms with Gasteiger partial charge < -0.3 is 16.0 Å². The molecule has 0 fully saturated rings. The lowest BCUT2D eigenvalue weighted by molar-refractivity contribution is -0.126. The Kier molecular flexibility index (Phi) is 13.3. The summed E-state index contributed by atoms with van der Waals surface area (Å²) >= 11 is 0. The van der Waals surface area contributed by atoms with Gasteiger partial charge in [0.1, 0.15) is 5.78 Å².